The molecule has 5 nitrogen and oxygen atoms in total. The largest absolute Gasteiger partial charge is 0.416 e. The molecule has 0 aliphatic rings. The number of carbonyl (C=O) groups is 2. The normalized spacial score (nSPS) is 13.7. The molecule has 144 valence electrons. The molecule has 27 heavy (non-hydrogen) atoms. The average molecular weight is 384 g/mol. The summed E-state index contributed by atoms with van der Waals surface area (Å²) >= 11 is 0. The third kappa shape index (κ3) is 5.52. The first-order valence-corrected chi connectivity index (χ1v) is 7.77. The Bertz CT molecular complexity index is 822. The molecule has 0 aromatic heterocycles. The molecule has 0 heterocycles. The fourth-order valence-corrected chi connectivity index (χ4v) is 2.38. The summed E-state index contributed by atoms with van der Waals surface area (Å²) in [6, 6.07) is 7.44. The van der Waals surface area contributed by atoms with Gasteiger partial charge in [0.1, 0.15) is 11.9 Å². The second-order valence-corrected chi connectivity index (χ2v) is 5.82. The van der Waals surface area contributed by atoms with Gasteiger partial charge in [0.15, 0.2) is 6.10 Å². The van der Waals surface area contributed by atoms with Gasteiger partial charge in [-0.1, -0.05) is 24.3 Å². The van der Waals surface area contributed by atoms with Gasteiger partial charge >= 0.3 is 6.18 Å². The lowest BCUT2D eigenvalue weighted by Crippen LogP contribution is -2.47. The predicted octanol–water partition coefficient (Wildman–Crippen LogP) is 2.09. The third-order valence-corrected chi connectivity index (χ3v) is 3.79. The predicted molar refractivity (Wildman–Crippen MR) is 87.6 cm³/mol. The Morgan fingerprint density at radius 3 is 2.26 bits per heavy atom. The van der Waals surface area contributed by atoms with E-state index in [4.69, 9.17) is 5.73 Å². The van der Waals surface area contributed by atoms with Crippen LogP contribution in [0.4, 0.5) is 17.6 Å². The summed E-state index contributed by atoms with van der Waals surface area (Å²) in [6.45, 7) is 0. The highest BCUT2D eigenvalue weighted by Crippen LogP contribution is 2.30. The monoisotopic (exact) mass is 384 g/mol. The standard InChI is InChI=1S/C18H16F4N2O3/c19-13-3-1-2-10(8-13)9-14(16(23)26)24-17(27)15(25)11-4-6-12(7-5-11)18(20,21)22/h1-8,14-15,25H,9H2,(H2,23,26)(H,24,27)/t14-,15-/m1/s1. The highest BCUT2D eigenvalue weighted by Gasteiger charge is 2.31. The molecule has 0 fully saturated rings. The van der Waals surface area contributed by atoms with Crippen molar-refractivity contribution in [3.8, 4) is 0 Å². The van der Waals surface area contributed by atoms with E-state index in [1.165, 1.54) is 18.2 Å². The number of benzene rings is 2. The second-order valence-electron chi connectivity index (χ2n) is 5.82. The van der Waals surface area contributed by atoms with Crippen LogP contribution in [-0.2, 0) is 22.2 Å². The van der Waals surface area contributed by atoms with Crippen LogP contribution in [0, 0.1) is 5.82 Å². The fourth-order valence-electron chi connectivity index (χ4n) is 2.38. The first-order valence-electron chi connectivity index (χ1n) is 7.77. The Labute approximate surface area is 151 Å². The molecule has 0 unspecified atom stereocenters. The Kier molecular flexibility index (Phi) is 6.17. The molecule has 0 saturated carbocycles. The minimum Gasteiger partial charge on any atom is -0.378 e. The summed E-state index contributed by atoms with van der Waals surface area (Å²) in [4.78, 5) is 23.7. The van der Waals surface area contributed by atoms with Crippen molar-refractivity contribution in [2.24, 2.45) is 5.73 Å². The summed E-state index contributed by atoms with van der Waals surface area (Å²) in [6.07, 6.45) is -6.46. The van der Waals surface area contributed by atoms with Gasteiger partial charge in [-0.2, -0.15) is 13.2 Å². The number of rotatable bonds is 6. The minimum absolute atomic E-state index is 0.0884. The van der Waals surface area contributed by atoms with Crippen molar-refractivity contribution >= 4 is 11.8 Å². The van der Waals surface area contributed by atoms with Crippen molar-refractivity contribution < 1.29 is 32.3 Å². The summed E-state index contributed by atoms with van der Waals surface area (Å²) in [5.41, 5.74) is 4.60. The highest BCUT2D eigenvalue weighted by atomic mass is 19.4. The van der Waals surface area contributed by atoms with E-state index in [1.807, 2.05) is 0 Å². The fraction of sp³-hybridized carbons (Fsp3) is 0.222. The second kappa shape index (κ2) is 8.17. The molecule has 2 aromatic rings. The van der Waals surface area contributed by atoms with Crippen LogP contribution in [0.1, 0.15) is 22.8 Å². The van der Waals surface area contributed by atoms with Gasteiger partial charge in [-0.15, -0.1) is 0 Å². The van der Waals surface area contributed by atoms with Crippen molar-refractivity contribution in [1.29, 1.82) is 0 Å². The zero-order valence-electron chi connectivity index (χ0n) is 13.8. The Hall–Kier alpha value is -2.94. The van der Waals surface area contributed by atoms with Gasteiger partial charge in [-0.3, -0.25) is 9.59 Å². The molecule has 2 amide bonds. The zero-order valence-corrected chi connectivity index (χ0v) is 13.8. The molecule has 0 radical (unpaired) electrons. The number of primary amides is 1. The maximum atomic E-state index is 13.2. The third-order valence-electron chi connectivity index (χ3n) is 3.79. The summed E-state index contributed by atoms with van der Waals surface area (Å²) in [7, 11) is 0. The number of amides is 2. The Balaban J connectivity index is 2.09. The number of hydrogen-bond donors (Lipinski definition) is 3. The van der Waals surface area contributed by atoms with E-state index in [0.29, 0.717) is 5.56 Å². The minimum atomic E-state index is -4.55. The number of aliphatic hydroxyl groups excluding tert-OH is 1. The number of nitrogens with two attached hydrogens (primary N) is 1. The summed E-state index contributed by atoms with van der Waals surface area (Å²) in [5, 5.41) is 12.2. The Morgan fingerprint density at radius 1 is 1.11 bits per heavy atom. The first-order chi connectivity index (χ1) is 12.6. The maximum absolute atomic E-state index is 13.2. The van der Waals surface area contributed by atoms with Crippen LogP contribution < -0.4 is 11.1 Å². The lowest BCUT2D eigenvalue weighted by molar-refractivity contribution is -0.137. The van der Waals surface area contributed by atoms with Crippen LogP contribution in [0.15, 0.2) is 48.5 Å². The van der Waals surface area contributed by atoms with Crippen LogP contribution in [0.3, 0.4) is 0 Å². The van der Waals surface area contributed by atoms with Crippen LogP contribution in [-0.4, -0.2) is 23.0 Å². The molecule has 4 N–H and O–H groups in total. The van der Waals surface area contributed by atoms with Crippen molar-refractivity contribution in [2.75, 3.05) is 0 Å². The molecule has 2 aromatic carbocycles. The molecule has 2 atom stereocenters. The molecule has 0 aliphatic heterocycles. The molecule has 2 rings (SSSR count). The van der Waals surface area contributed by atoms with E-state index in [9.17, 15) is 32.3 Å². The summed E-state index contributed by atoms with van der Waals surface area (Å²) < 4.78 is 50.9. The SMILES string of the molecule is NC(=O)[C@@H](Cc1cccc(F)c1)NC(=O)[C@H](O)c1ccc(C(F)(F)F)cc1. The van der Waals surface area contributed by atoms with Crippen LogP contribution in [0.25, 0.3) is 0 Å². The number of hydrogen-bond acceptors (Lipinski definition) is 3. The number of aliphatic hydroxyl groups is 1. The lowest BCUT2D eigenvalue weighted by atomic mass is 10.0. The van der Waals surface area contributed by atoms with Crippen LogP contribution in [0.5, 0.6) is 0 Å². The molecular formula is C18H16F4N2O3. The Morgan fingerprint density at radius 2 is 1.74 bits per heavy atom. The van der Waals surface area contributed by atoms with Gasteiger partial charge in [0.2, 0.25) is 5.91 Å². The molecule has 0 saturated heterocycles. The molecule has 0 bridgehead atoms. The van der Waals surface area contributed by atoms with Gasteiger partial charge in [0, 0.05) is 6.42 Å². The van der Waals surface area contributed by atoms with Crippen LogP contribution in [0.2, 0.25) is 0 Å². The van der Waals surface area contributed by atoms with Gasteiger partial charge < -0.3 is 16.2 Å². The highest BCUT2D eigenvalue weighted by molar-refractivity contribution is 5.89. The molecule has 0 aliphatic carbocycles. The zero-order chi connectivity index (χ0) is 20.2. The topological polar surface area (TPSA) is 92.4 Å². The van der Waals surface area contributed by atoms with Crippen molar-refractivity contribution in [2.45, 2.75) is 24.7 Å². The summed E-state index contributed by atoms with van der Waals surface area (Å²) in [5.74, 6) is -2.46. The van der Waals surface area contributed by atoms with E-state index < -0.39 is 41.5 Å². The van der Waals surface area contributed by atoms with Gasteiger partial charge in [0.25, 0.3) is 5.91 Å². The number of halogens is 4. The average Bonchev–Trinajstić information content (AvgIpc) is 2.59. The van der Waals surface area contributed by atoms with Gasteiger partial charge in [0.05, 0.1) is 5.56 Å². The van der Waals surface area contributed by atoms with E-state index in [2.05, 4.69) is 5.32 Å². The van der Waals surface area contributed by atoms with Gasteiger partial charge in [-0.05, 0) is 35.4 Å². The van der Waals surface area contributed by atoms with Crippen LogP contribution >= 0.6 is 0 Å². The van der Waals surface area contributed by atoms with E-state index in [1.54, 1.807) is 0 Å². The quantitative estimate of drug-likeness (QED) is 0.666. The maximum Gasteiger partial charge on any atom is 0.416 e. The molecule has 9 heteroatoms. The first kappa shape index (κ1) is 20.4. The van der Waals surface area contributed by atoms with E-state index >= 15 is 0 Å². The van der Waals surface area contributed by atoms with Crippen molar-refractivity contribution in [1.82, 2.24) is 5.32 Å². The molecule has 0 spiro atoms. The smallest absolute Gasteiger partial charge is 0.378 e. The van der Waals surface area contributed by atoms with E-state index in [0.717, 1.165) is 30.3 Å². The lowest BCUT2D eigenvalue weighted by Gasteiger charge is -2.18. The number of carbonyl (C=O) groups excluding carboxylic acids is 2. The molecular weight excluding hydrogens is 368 g/mol. The number of alkyl halides is 3. The number of nitrogens with one attached hydrogen (secondary N) is 1. The van der Waals surface area contributed by atoms with Gasteiger partial charge in [-0.25, -0.2) is 4.39 Å². The van der Waals surface area contributed by atoms with Crippen molar-refractivity contribution in [3.63, 3.8) is 0 Å². The van der Waals surface area contributed by atoms with Crippen molar-refractivity contribution in [3.05, 3.63) is 71.0 Å². The van der Waals surface area contributed by atoms with E-state index in [-0.39, 0.29) is 12.0 Å².